The van der Waals surface area contributed by atoms with Gasteiger partial charge in [0, 0.05) is 17.0 Å². The molecule has 3 nitrogen and oxygen atoms in total. The van der Waals surface area contributed by atoms with Gasteiger partial charge in [0.25, 0.3) is 0 Å². The minimum absolute atomic E-state index is 0.0956. The first-order valence-electron chi connectivity index (χ1n) is 5.79. The average molecular weight is 283 g/mol. The van der Waals surface area contributed by atoms with E-state index in [1.165, 1.54) is 0 Å². The quantitative estimate of drug-likeness (QED) is 0.895. The lowest BCUT2D eigenvalue weighted by molar-refractivity contribution is 0.475. The molecule has 0 aliphatic carbocycles. The van der Waals surface area contributed by atoms with Crippen LogP contribution < -0.4 is 5.32 Å². The van der Waals surface area contributed by atoms with Gasteiger partial charge in [-0.3, -0.25) is 0 Å². The second kappa shape index (κ2) is 5.69. The predicted octanol–water partition coefficient (Wildman–Crippen LogP) is 3.84. The van der Waals surface area contributed by atoms with Crippen LogP contribution in [0.25, 0.3) is 10.6 Å². The molecule has 1 aromatic carbocycles. The lowest BCUT2D eigenvalue weighted by Crippen LogP contribution is -2.17. The van der Waals surface area contributed by atoms with Gasteiger partial charge in [-0.2, -0.15) is 0 Å². The summed E-state index contributed by atoms with van der Waals surface area (Å²) in [6, 6.07) is 5.39. The highest BCUT2D eigenvalue weighted by molar-refractivity contribution is 7.13. The third kappa shape index (κ3) is 2.83. The van der Waals surface area contributed by atoms with Crippen LogP contribution in [0.3, 0.4) is 0 Å². The fourth-order valence-electron chi connectivity index (χ4n) is 1.67. The van der Waals surface area contributed by atoms with Crippen molar-refractivity contribution in [3.8, 4) is 16.3 Å². The fourth-order valence-corrected chi connectivity index (χ4v) is 2.76. The average Bonchev–Trinajstić information content (AvgIpc) is 2.82. The first kappa shape index (κ1) is 13.3. The molecule has 0 saturated heterocycles. The molecule has 0 bridgehead atoms. The molecule has 0 aliphatic rings. The van der Waals surface area contributed by atoms with Crippen molar-refractivity contribution < 1.29 is 5.11 Å². The molecule has 1 aromatic heterocycles. The van der Waals surface area contributed by atoms with Crippen LogP contribution in [0.2, 0.25) is 5.02 Å². The topological polar surface area (TPSA) is 45.1 Å². The van der Waals surface area contributed by atoms with Crippen molar-refractivity contribution in [2.45, 2.75) is 19.9 Å². The van der Waals surface area contributed by atoms with E-state index >= 15 is 0 Å². The van der Waals surface area contributed by atoms with Crippen LogP contribution >= 0.6 is 22.9 Å². The molecular weight excluding hydrogens is 268 g/mol. The summed E-state index contributed by atoms with van der Waals surface area (Å²) < 4.78 is 0. The molecule has 1 unspecified atom stereocenters. The molecule has 18 heavy (non-hydrogen) atoms. The van der Waals surface area contributed by atoms with E-state index in [4.69, 9.17) is 11.6 Å². The maximum absolute atomic E-state index is 9.40. The minimum Gasteiger partial charge on any atom is -0.506 e. The molecule has 1 heterocycles. The zero-order valence-electron chi connectivity index (χ0n) is 10.3. The van der Waals surface area contributed by atoms with E-state index in [-0.39, 0.29) is 11.8 Å². The second-order valence-corrected chi connectivity index (χ2v) is 5.29. The Kier molecular flexibility index (Phi) is 4.22. The van der Waals surface area contributed by atoms with Crippen molar-refractivity contribution in [1.82, 2.24) is 10.3 Å². The lowest BCUT2D eigenvalue weighted by Gasteiger charge is -2.08. The van der Waals surface area contributed by atoms with Crippen molar-refractivity contribution in [2.75, 3.05) is 6.54 Å². The molecule has 0 fully saturated rings. The largest absolute Gasteiger partial charge is 0.506 e. The summed E-state index contributed by atoms with van der Waals surface area (Å²) in [7, 11) is 0. The molecule has 0 radical (unpaired) electrons. The summed E-state index contributed by atoms with van der Waals surface area (Å²) >= 11 is 7.48. The van der Waals surface area contributed by atoms with Crippen molar-refractivity contribution in [2.24, 2.45) is 0 Å². The van der Waals surface area contributed by atoms with Crippen LogP contribution in [0.4, 0.5) is 0 Å². The smallest absolute Gasteiger partial charge is 0.134 e. The zero-order valence-corrected chi connectivity index (χ0v) is 11.8. The van der Waals surface area contributed by atoms with Gasteiger partial charge in [-0.1, -0.05) is 18.5 Å². The Balaban J connectivity index is 2.26. The maximum Gasteiger partial charge on any atom is 0.134 e. The molecule has 2 N–H and O–H groups in total. The van der Waals surface area contributed by atoms with Gasteiger partial charge in [-0.15, -0.1) is 11.3 Å². The summed E-state index contributed by atoms with van der Waals surface area (Å²) in [6.07, 6.45) is 0. The normalized spacial score (nSPS) is 12.6. The van der Waals surface area contributed by atoms with E-state index in [2.05, 4.69) is 24.1 Å². The Labute approximate surface area is 115 Å². The van der Waals surface area contributed by atoms with E-state index < -0.39 is 0 Å². The third-order valence-electron chi connectivity index (χ3n) is 2.67. The minimum atomic E-state index is 0.0956. The van der Waals surface area contributed by atoms with Crippen molar-refractivity contribution >= 4 is 22.9 Å². The molecule has 0 spiro atoms. The Hall–Kier alpha value is -1.10. The number of halogens is 1. The standard InChI is InChI=1S/C13H15ClN2OS/c1-3-15-8(2)11-7-18-13(16-11)9-4-5-12(17)10(14)6-9/h4-8,15,17H,3H2,1-2H3. The van der Waals surface area contributed by atoms with Gasteiger partial charge in [0.1, 0.15) is 10.8 Å². The summed E-state index contributed by atoms with van der Waals surface area (Å²) in [5.41, 5.74) is 1.96. The highest BCUT2D eigenvalue weighted by Crippen LogP contribution is 2.31. The second-order valence-electron chi connectivity index (χ2n) is 4.02. The van der Waals surface area contributed by atoms with Crippen LogP contribution in [-0.4, -0.2) is 16.6 Å². The molecule has 0 saturated carbocycles. The Bertz CT molecular complexity index is 542. The number of benzene rings is 1. The van der Waals surface area contributed by atoms with Gasteiger partial charge in [-0.25, -0.2) is 4.98 Å². The Morgan fingerprint density at radius 1 is 1.50 bits per heavy atom. The molecule has 0 aliphatic heterocycles. The molecule has 2 rings (SSSR count). The van der Waals surface area contributed by atoms with Crippen LogP contribution in [0.15, 0.2) is 23.6 Å². The van der Waals surface area contributed by atoms with E-state index in [1.54, 1.807) is 23.5 Å². The van der Waals surface area contributed by atoms with Crippen LogP contribution in [-0.2, 0) is 0 Å². The van der Waals surface area contributed by atoms with E-state index in [1.807, 2.05) is 11.4 Å². The van der Waals surface area contributed by atoms with E-state index in [0.717, 1.165) is 22.8 Å². The van der Waals surface area contributed by atoms with Crippen molar-refractivity contribution in [3.63, 3.8) is 0 Å². The fraction of sp³-hybridized carbons (Fsp3) is 0.308. The molecule has 5 heteroatoms. The molecule has 0 amide bonds. The van der Waals surface area contributed by atoms with Crippen LogP contribution in [0.1, 0.15) is 25.6 Å². The van der Waals surface area contributed by atoms with E-state index in [9.17, 15) is 5.11 Å². The molecule has 2 aromatic rings. The maximum atomic E-state index is 9.40. The number of phenols is 1. The van der Waals surface area contributed by atoms with Gasteiger partial charge >= 0.3 is 0 Å². The van der Waals surface area contributed by atoms with Gasteiger partial charge in [-0.05, 0) is 31.7 Å². The van der Waals surface area contributed by atoms with E-state index in [0.29, 0.717) is 5.02 Å². The van der Waals surface area contributed by atoms with Crippen molar-refractivity contribution in [1.29, 1.82) is 0 Å². The van der Waals surface area contributed by atoms with Crippen LogP contribution in [0.5, 0.6) is 5.75 Å². The number of rotatable bonds is 4. The van der Waals surface area contributed by atoms with Gasteiger partial charge in [0.2, 0.25) is 0 Å². The summed E-state index contributed by atoms with van der Waals surface area (Å²) in [5, 5.41) is 16.0. The van der Waals surface area contributed by atoms with Crippen molar-refractivity contribution in [3.05, 3.63) is 34.3 Å². The number of nitrogens with zero attached hydrogens (tertiary/aromatic N) is 1. The first-order valence-corrected chi connectivity index (χ1v) is 7.05. The predicted molar refractivity (Wildman–Crippen MR) is 76.3 cm³/mol. The summed E-state index contributed by atoms with van der Waals surface area (Å²) in [6.45, 7) is 5.08. The molecule has 96 valence electrons. The third-order valence-corrected chi connectivity index (χ3v) is 3.88. The summed E-state index contributed by atoms with van der Waals surface area (Å²) in [4.78, 5) is 4.59. The van der Waals surface area contributed by atoms with Gasteiger partial charge in [0.15, 0.2) is 0 Å². The highest BCUT2D eigenvalue weighted by Gasteiger charge is 2.11. The number of phenolic OH excluding ortho intramolecular Hbond substituents is 1. The van der Waals surface area contributed by atoms with Gasteiger partial charge < -0.3 is 10.4 Å². The monoisotopic (exact) mass is 282 g/mol. The number of aromatic nitrogens is 1. The number of hydrogen-bond acceptors (Lipinski definition) is 4. The lowest BCUT2D eigenvalue weighted by atomic mass is 10.2. The number of nitrogens with one attached hydrogen (secondary N) is 1. The Morgan fingerprint density at radius 2 is 2.28 bits per heavy atom. The Morgan fingerprint density at radius 3 is 2.94 bits per heavy atom. The molecule has 1 atom stereocenters. The number of aromatic hydroxyl groups is 1. The number of thiazole rings is 1. The highest BCUT2D eigenvalue weighted by atomic mass is 35.5. The summed E-state index contributed by atoms with van der Waals surface area (Å²) in [5.74, 6) is 0.0956. The SMILES string of the molecule is CCNC(C)c1csc(-c2ccc(O)c(Cl)c2)n1. The van der Waals surface area contributed by atoms with Gasteiger partial charge in [0.05, 0.1) is 10.7 Å². The zero-order chi connectivity index (χ0) is 13.1. The molecular formula is C13H15ClN2OS. The first-order chi connectivity index (χ1) is 8.61. The number of hydrogen-bond donors (Lipinski definition) is 2. The van der Waals surface area contributed by atoms with Crippen LogP contribution in [0, 0.1) is 0 Å².